The van der Waals surface area contributed by atoms with Gasteiger partial charge in [0.2, 0.25) is 0 Å². The number of aliphatic hydroxyl groups excluding tert-OH is 1. The normalized spacial score (nSPS) is 12.4. The van der Waals surface area contributed by atoms with Crippen LogP contribution in [-0.2, 0) is 6.54 Å². The second-order valence-electron chi connectivity index (χ2n) is 4.09. The molecule has 90 valence electrons. The van der Waals surface area contributed by atoms with Crippen molar-refractivity contribution in [1.82, 2.24) is 4.57 Å². The molecule has 1 aromatic heterocycles. The molecule has 0 saturated heterocycles. The third-order valence-electron chi connectivity index (χ3n) is 2.78. The number of aromatic nitrogens is 1. The Morgan fingerprint density at radius 2 is 2.12 bits per heavy atom. The standard InChI is InChI=1S/C14H17NO2/c1-11(16)14-7-4-8-15(14)10-12-5-3-6-13(9-12)17-2/h3-9,11,16H,10H2,1-2H3. The molecule has 1 aromatic carbocycles. The van der Waals surface area contributed by atoms with Crippen molar-refractivity contribution < 1.29 is 9.84 Å². The number of methoxy groups -OCH3 is 1. The van der Waals surface area contributed by atoms with Crippen LogP contribution in [0.1, 0.15) is 24.3 Å². The van der Waals surface area contributed by atoms with Gasteiger partial charge in [0.15, 0.2) is 0 Å². The number of benzene rings is 1. The fraction of sp³-hybridized carbons (Fsp3) is 0.286. The van der Waals surface area contributed by atoms with Crippen LogP contribution in [-0.4, -0.2) is 16.8 Å². The number of hydrogen-bond donors (Lipinski definition) is 1. The summed E-state index contributed by atoms with van der Waals surface area (Å²) in [4.78, 5) is 0. The first kappa shape index (κ1) is 11.7. The lowest BCUT2D eigenvalue weighted by Crippen LogP contribution is -2.05. The van der Waals surface area contributed by atoms with E-state index >= 15 is 0 Å². The van der Waals surface area contributed by atoms with Crippen LogP contribution in [0.4, 0.5) is 0 Å². The first-order chi connectivity index (χ1) is 8.20. The molecular weight excluding hydrogens is 214 g/mol. The first-order valence-electron chi connectivity index (χ1n) is 5.66. The molecule has 2 aromatic rings. The summed E-state index contributed by atoms with van der Waals surface area (Å²) in [5.41, 5.74) is 2.08. The largest absolute Gasteiger partial charge is 0.497 e. The highest BCUT2D eigenvalue weighted by Crippen LogP contribution is 2.17. The average Bonchev–Trinajstić information content (AvgIpc) is 2.77. The van der Waals surface area contributed by atoms with Crippen LogP contribution >= 0.6 is 0 Å². The molecule has 2 rings (SSSR count). The van der Waals surface area contributed by atoms with Crippen molar-refractivity contribution in [3.8, 4) is 5.75 Å². The van der Waals surface area contributed by atoms with Crippen molar-refractivity contribution in [3.05, 3.63) is 53.9 Å². The summed E-state index contributed by atoms with van der Waals surface area (Å²) in [7, 11) is 1.66. The van der Waals surface area contributed by atoms with E-state index in [-0.39, 0.29) is 0 Å². The van der Waals surface area contributed by atoms with Gasteiger partial charge in [-0.2, -0.15) is 0 Å². The molecule has 1 atom stereocenters. The van der Waals surface area contributed by atoms with Crippen LogP contribution in [0.25, 0.3) is 0 Å². The van der Waals surface area contributed by atoms with Crippen LogP contribution in [0.15, 0.2) is 42.6 Å². The highest BCUT2D eigenvalue weighted by molar-refractivity contribution is 5.29. The predicted molar refractivity (Wildman–Crippen MR) is 67.2 cm³/mol. The number of ether oxygens (including phenoxy) is 1. The van der Waals surface area contributed by atoms with Crippen molar-refractivity contribution in [2.24, 2.45) is 0 Å². The molecule has 3 nitrogen and oxygen atoms in total. The Morgan fingerprint density at radius 1 is 1.29 bits per heavy atom. The van der Waals surface area contributed by atoms with E-state index in [0.717, 1.165) is 23.6 Å². The van der Waals surface area contributed by atoms with Gasteiger partial charge in [0, 0.05) is 18.4 Å². The molecule has 0 aliphatic heterocycles. The SMILES string of the molecule is COc1cccc(Cn2cccc2C(C)O)c1. The molecule has 0 aliphatic rings. The number of hydrogen-bond acceptors (Lipinski definition) is 2. The van der Waals surface area contributed by atoms with E-state index in [4.69, 9.17) is 4.74 Å². The summed E-state index contributed by atoms with van der Waals surface area (Å²) in [5, 5.41) is 9.63. The third kappa shape index (κ3) is 2.68. The van der Waals surface area contributed by atoms with E-state index in [1.807, 2.05) is 47.2 Å². The molecule has 0 spiro atoms. The van der Waals surface area contributed by atoms with Crippen molar-refractivity contribution >= 4 is 0 Å². The second kappa shape index (κ2) is 5.06. The molecular formula is C14H17NO2. The predicted octanol–water partition coefficient (Wildman–Crippen LogP) is 2.60. The molecule has 0 radical (unpaired) electrons. The Balaban J connectivity index is 2.22. The molecule has 0 bridgehead atoms. The van der Waals surface area contributed by atoms with Gasteiger partial charge in [-0.25, -0.2) is 0 Å². The lowest BCUT2D eigenvalue weighted by molar-refractivity contribution is 0.190. The third-order valence-corrected chi connectivity index (χ3v) is 2.78. The summed E-state index contributed by atoms with van der Waals surface area (Å²) in [6.07, 6.45) is 1.53. The van der Waals surface area contributed by atoms with E-state index in [9.17, 15) is 5.11 Å². The van der Waals surface area contributed by atoms with Gasteiger partial charge in [0.25, 0.3) is 0 Å². The monoisotopic (exact) mass is 231 g/mol. The van der Waals surface area contributed by atoms with Crippen LogP contribution in [0.3, 0.4) is 0 Å². The van der Waals surface area contributed by atoms with Gasteiger partial charge in [-0.15, -0.1) is 0 Å². The van der Waals surface area contributed by atoms with Crippen molar-refractivity contribution in [2.75, 3.05) is 7.11 Å². The number of rotatable bonds is 4. The first-order valence-corrected chi connectivity index (χ1v) is 5.66. The summed E-state index contributed by atoms with van der Waals surface area (Å²) in [6.45, 7) is 2.52. The van der Waals surface area contributed by atoms with Gasteiger partial charge >= 0.3 is 0 Å². The average molecular weight is 231 g/mol. The fourth-order valence-electron chi connectivity index (χ4n) is 1.92. The molecule has 0 saturated carbocycles. The maximum absolute atomic E-state index is 9.63. The van der Waals surface area contributed by atoms with E-state index < -0.39 is 6.10 Å². The number of nitrogens with zero attached hydrogens (tertiary/aromatic N) is 1. The number of aliphatic hydroxyl groups is 1. The van der Waals surface area contributed by atoms with E-state index in [1.54, 1.807) is 14.0 Å². The summed E-state index contributed by atoms with van der Waals surface area (Å²) in [5.74, 6) is 0.855. The van der Waals surface area contributed by atoms with Crippen LogP contribution in [0, 0.1) is 0 Å². The Hall–Kier alpha value is -1.74. The van der Waals surface area contributed by atoms with Gasteiger partial charge in [0.05, 0.1) is 13.2 Å². The fourth-order valence-corrected chi connectivity index (χ4v) is 1.92. The quantitative estimate of drug-likeness (QED) is 0.877. The minimum atomic E-state index is -0.449. The molecule has 1 heterocycles. The summed E-state index contributed by atoms with van der Waals surface area (Å²) in [6, 6.07) is 11.8. The molecule has 3 heteroatoms. The van der Waals surface area contributed by atoms with Crippen molar-refractivity contribution in [1.29, 1.82) is 0 Å². The smallest absolute Gasteiger partial charge is 0.119 e. The Kier molecular flexibility index (Phi) is 3.49. The van der Waals surface area contributed by atoms with Crippen molar-refractivity contribution in [3.63, 3.8) is 0 Å². The zero-order valence-electron chi connectivity index (χ0n) is 10.1. The molecule has 1 N–H and O–H groups in total. The van der Waals surface area contributed by atoms with Gasteiger partial charge in [-0.1, -0.05) is 12.1 Å². The minimum Gasteiger partial charge on any atom is -0.497 e. The second-order valence-corrected chi connectivity index (χ2v) is 4.09. The Morgan fingerprint density at radius 3 is 2.82 bits per heavy atom. The van der Waals surface area contributed by atoms with Crippen LogP contribution < -0.4 is 4.74 Å². The van der Waals surface area contributed by atoms with E-state index in [1.165, 1.54) is 0 Å². The van der Waals surface area contributed by atoms with E-state index in [0.29, 0.717) is 0 Å². The summed E-state index contributed by atoms with van der Waals surface area (Å²) >= 11 is 0. The highest BCUT2D eigenvalue weighted by atomic mass is 16.5. The zero-order valence-corrected chi connectivity index (χ0v) is 10.1. The lowest BCUT2D eigenvalue weighted by Gasteiger charge is -2.12. The molecule has 0 aliphatic carbocycles. The minimum absolute atomic E-state index is 0.449. The van der Waals surface area contributed by atoms with Crippen LogP contribution in [0.5, 0.6) is 5.75 Å². The topological polar surface area (TPSA) is 34.4 Å². The highest BCUT2D eigenvalue weighted by Gasteiger charge is 2.07. The maximum Gasteiger partial charge on any atom is 0.119 e. The molecule has 0 fully saturated rings. The molecule has 0 amide bonds. The van der Waals surface area contributed by atoms with Crippen molar-refractivity contribution in [2.45, 2.75) is 19.6 Å². The van der Waals surface area contributed by atoms with Gasteiger partial charge in [-0.05, 0) is 36.8 Å². The Bertz CT molecular complexity index is 488. The zero-order chi connectivity index (χ0) is 12.3. The van der Waals surface area contributed by atoms with Gasteiger partial charge < -0.3 is 14.4 Å². The summed E-state index contributed by atoms with van der Waals surface area (Å²) < 4.78 is 7.23. The molecule has 17 heavy (non-hydrogen) atoms. The van der Waals surface area contributed by atoms with Crippen LogP contribution in [0.2, 0.25) is 0 Å². The van der Waals surface area contributed by atoms with Gasteiger partial charge in [0.1, 0.15) is 5.75 Å². The van der Waals surface area contributed by atoms with E-state index in [2.05, 4.69) is 0 Å². The lowest BCUT2D eigenvalue weighted by atomic mass is 10.2. The molecule has 1 unspecified atom stereocenters. The van der Waals surface area contributed by atoms with Gasteiger partial charge in [-0.3, -0.25) is 0 Å². The maximum atomic E-state index is 9.63. The Labute approximate surface area is 101 Å².